The summed E-state index contributed by atoms with van der Waals surface area (Å²) in [6.45, 7) is 5.73. The lowest BCUT2D eigenvalue weighted by Crippen LogP contribution is -2.42. The van der Waals surface area contributed by atoms with E-state index in [1.165, 1.54) is 0 Å². The fourth-order valence-electron chi connectivity index (χ4n) is 1.76. The molecule has 0 bridgehead atoms. The van der Waals surface area contributed by atoms with Gasteiger partial charge in [-0.2, -0.15) is 0 Å². The number of benzene rings is 2. The van der Waals surface area contributed by atoms with Crippen LogP contribution in [0.1, 0.15) is 20.8 Å². The van der Waals surface area contributed by atoms with Gasteiger partial charge in [0.05, 0.1) is 0 Å². The van der Waals surface area contributed by atoms with Crippen LogP contribution in [0, 0.1) is 0 Å². The molecule has 0 fully saturated rings. The van der Waals surface area contributed by atoms with E-state index in [-0.39, 0.29) is 5.54 Å². The highest BCUT2D eigenvalue weighted by molar-refractivity contribution is 9.10. The van der Waals surface area contributed by atoms with E-state index in [1.54, 1.807) is 6.07 Å². The molecule has 2 aromatic carbocycles. The number of hydrogen-bond donors (Lipinski definition) is 1. The molecule has 4 heteroatoms. The van der Waals surface area contributed by atoms with E-state index in [0.717, 1.165) is 15.2 Å². The van der Waals surface area contributed by atoms with Gasteiger partial charge >= 0.3 is 6.09 Å². The number of nitrogens with one attached hydrogen (secondary N) is 1. The van der Waals surface area contributed by atoms with Gasteiger partial charge in [0, 0.05) is 15.4 Å². The Morgan fingerprint density at radius 3 is 2.42 bits per heavy atom. The molecule has 100 valence electrons. The largest absolute Gasteiger partial charge is 0.413 e. The number of ether oxygens (including phenoxy) is 1. The van der Waals surface area contributed by atoms with E-state index < -0.39 is 6.09 Å². The van der Waals surface area contributed by atoms with Gasteiger partial charge < -0.3 is 10.1 Å². The van der Waals surface area contributed by atoms with E-state index in [4.69, 9.17) is 4.74 Å². The van der Waals surface area contributed by atoms with E-state index in [1.807, 2.05) is 51.1 Å². The summed E-state index contributed by atoms with van der Waals surface area (Å²) in [5, 5.41) is 4.69. The average molecular weight is 322 g/mol. The Morgan fingerprint density at radius 2 is 1.74 bits per heavy atom. The van der Waals surface area contributed by atoms with E-state index in [9.17, 15) is 4.79 Å². The number of carbonyl (C=O) groups excluding carboxylic acids is 1. The molecule has 1 amide bonds. The quantitative estimate of drug-likeness (QED) is 0.840. The number of carbonyl (C=O) groups is 1. The van der Waals surface area contributed by atoms with E-state index in [0.29, 0.717) is 5.75 Å². The van der Waals surface area contributed by atoms with Gasteiger partial charge in [-0.3, -0.25) is 0 Å². The van der Waals surface area contributed by atoms with Gasteiger partial charge in [0.2, 0.25) is 0 Å². The molecule has 0 unspecified atom stereocenters. The smallest absolute Gasteiger partial charge is 0.410 e. The zero-order chi connectivity index (χ0) is 14.0. The first-order valence-corrected chi connectivity index (χ1v) is 6.83. The fraction of sp³-hybridized carbons (Fsp3) is 0.267. The second-order valence-corrected chi connectivity index (χ2v) is 6.21. The molecular weight excluding hydrogens is 306 g/mol. The van der Waals surface area contributed by atoms with Gasteiger partial charge in [0.25, 0.3) is 0 Å². The van der Waals surface area contributed by atoms with Crippen molar-refractivity contribution in [2.24, 2.45) is 0 Å². The molecule has 0 aliphatic carbocycles. The normalized spacial score (nSPS) is 11.4. The van der Waals surface area contributed by atoms with Crippen LogP contribution in [-0.4, -0.2) is 11.6 Å². The molecule has 0 aliphatic rings. The molecule has 0 aliphatic heterocycles. The third-order valence-corrected chi connectivity index (χ3v) is 3.20. The topological polar surface area (TPSA) is 38.3 Å². The van der Waals surface area contributed by atoms with Crippen molar-refractivity contribution in [1.29, 1.82) is 0 Å². The van der Waals surface area contributed by atoms with Gasteiger partial charge in [-0.1, -0.05) is 40.2 Å². The van der Waals surface area contributed by atoms with Crippen LogP contribution in [0.5, 0.6) is 5.75 Å². The molecule has 0 saturated heterocycles. The highest BCUT2D eigenvalue weighted by Crippen LogP contribution is 2.30. The number of halogens is 1. The minimum atomic E-state index is -0.444. The van der Waals surface area contributed by atoms with Crippen LogP contribution in [0.15, 0.2) is 40.9 Å². The van der Waals surface area contributed by atoms with Gasteiger partial charge in [0.15, 0.2) is 0 Å². The highest BCUT2D eigenvalue weighted by Gasteiger charge is 2.16. The van der Waals surface area contributed by atoms with Crippen LogP contribution in [0.2, 0.25) is 0 Å². The maximum atomic E-state index is 11.8. The van der Waals surface area contributed by atoms with Gasteiger partial charge in [-0.05, 0) is 38.3 Å². The minimum absolute atomic E-state index is 0.317. The van der Waals surface area contributed by atoms with Crippen LogP contribution in [0.25, 0.3) is 10.8 Å². The van der Waals surface area contributed by atoms with Crippen molar-refractivity contribution >= 4 is 32.8 Å². The first-order chi connectivity index (χ1) is 8.87. The van der Waals surface area contributed by atoms with Crippen molar-refractivity contribution in [2.75, 3.05) is 0 Å². The summed E-state index contributed by atoms with van der Waals surface area (Å²) < 4.78 is 6.37. The lowest BCUT2D eigenvalue weighted by molar-refractivity contribution is 0.191. The minimum Gasteiger partial charge on any atom is -0.410 e. The molecule has 0 radical (unpaired) electrons. The first-order valence-electron chi connectivity index (χ1n) is 6.04. The van der Waals surface area contributed by atoms with Crippen molar-refractivity contribution in [3.63, 3.8) is 0 Å². The molecule has 2 aromatic rings. The lowest BCUT2D eigenvalue weighted by Gasteiger charge is -2.20. The van der Waals surface area contributed by atoms with Crippen molar-refractivity contribution in [2.45, 2.75) is 26.3 Å². The van der Waals surface area contributed by atoms with Crippen molar-refractivity contribution in [1.82, 2.24) is 5.32 Å². The van der Waals surface area contributed by atoms with Crippen molar-refractivity contribution in [3.8, 4) is 5.75 Å². The molecule has 0 aromatic heterocycles. The van der Waals surface area contributed by atoms with E-state index in [2.05, 4.69) is 21.2 Å². The molecule has 0 spiro atoms. The molecule has 3 nitrogen and oxygen atoms in total. The van der Waals surface area contributed by atoms with Crippen LogP contribution in [-0.2, 0) is 0 Å². The highest BCUT2D eigenvalue weighted by atomic mass is 79.9. The second kappa shape index (κ2) is 5.21. The summed E-state index contributed by atoms with van der Waals surface area (Å²) in [5.74, 6) is 0.556. The summed E-state index contributed by atoms with van der Waals surface area (Å²) in [5.41, 5.74) is -0.317. The summed E-state index contributed by atoms with van der Waals surface area (Å²) in [6, 6.07) is 11.4. The van der Waals surface area contributed by atoms with Gasteiger partial charge in [0.1, 0.15) is 5.75 Å². The van der Waals surface area contributed by atoms with Crippen LogP contribution in [0.3, 0.4) is 0 Å². The second-order valence-electron chi connectivity index (χ2n) is 5.36. The maximum absolute atomic E-state index is 11.8. The zero-order valence-corrected chi connectivity index (χ0v) is 12.7. The summed E-state index contributed by atoms with van der Waals surface area (Å²) in [7, 11) is 0. The zero-order valence-electron chi connectivity index (χ0n) is 11.2. The Bertz CT molecular complexity index is 617. The monoisotopic (exact) mass is 321 g/mol. The average Bonchev–Trinajstić information content (AvgIpc) is 2.28. The lowest BCUT2D eigenvalue weighted by atomic mass is 10.1. The number of amides is 1. The van der Waals surface area contributed by atoms with Gasteiger partial charge in [-0.25, -0.2) is 4.79 Å². The fourth-order valence-corrected chi connectivity index (χ4v) is 2.26. The maximum Gasteiger partial charge on any atom is 0.413 e. The molecule has 19 heavy (non-hydrogen) atoms. The Kier molecular flexibility index (Phi) is 3.80. The predicted molar refractivity (Wildman–Crippen MR) is 80.6 cm³/mol. The molecule has 1 N–H and O–H groups in total. The van der Waals surface area contributed by atoms with Gasteiger partial charge in [-0.15, -0.1) is 0 Å². The SMILES string of the molecule is CC(C)(C)NC(=O)Oc1cccc2c(Br)cccc12. The third-order valence-electron chi connectivity index (χ3n) is 2.51. The molecular formula is C15H16BrNO2. The Hall–Kier alpha value is -1.55. The van der Waals surface area contributed by atoms with E-state index >= 15 is 0 Å². The van der Waals surface area contributed by atoms with Crippen molar-refractivity contribution < 1.29 is 9.53 Å². The van der Waals surface area contributed by atoms with Crippen LogP contribution >= 0.6 is 15.9 Å². The molecule has 0 heterocycles. The Morgan fingerprint density at radius 1 is 1.11 bits per heavy atom. The number of fused-ring (bicyclic) bond motifs is 1. The Labute approximate surface area is 121 Å². The Balaban J connectivity index is 2.31. The standard InChI is InChI=1S/C15H16BrNO2/c1-15(2,3)17-14(18)19-13-9-5-6-10-11(13)7-4-8-12(10)16/h4-9H,1-3H3,(H,17,18). The van der Waals surface area contributed by atoms with Crippen LogP contribution < -0.4 is 10.1 Å². The third kappa shape index (κ3) is 3.47. The molecule has 2 rings (SSSR count). The summed E-state index contributed by atoms with van der Waals surface area (Å²) in [4.78, 5) is 11.8. The first kappa shape index (κ1) is 13.9. The van der Waals surface area contributed by atoms with Crippen LogP contribution in [0.4, 0.5) is 4.79 Å². The number of hydrogen-bond acceptors (Lipinski definition) is 2. The predicted octanol–water partition coefficient (Wildman–Crippen LogP) is 4.49. The summed E-state index contributed by atoms with van der Waals surface area (Å²) in [6.07, 6.45) is -0.444. The molecule has 0 atom stereocenters. The van der Waals surface area contributed by atoms with Crippen molar-refractivity contribution in [3.05, 3.63) is 40.9 Å². The number of rotatable bonds is 1. The molecule has 0 saturated carbocycles. The summed E-state index contributed by atoms with van der Waals surface area (Å²) >= 11 is 3.49.